The third-order valence-corrected chi connectivity index (χ3v) is 5.28. The van der Waals surface area contributed by atoms with Gasteiger partial charge in [-0.1, -0.05) is 38.1 Å². The molecule has 0 heterocycles. The number of nitriles is 1. The Morgan fingerprint density at radius 1 is 1.15 bits per heavy atom. The van der Waals surface area contributed by atoms with Crippen molar-refractivity contribution in [1.82, 2.24) is 0 Å². The van der Waals surface area contributed by atoms with Crippen LogP contribution in [0.5, 0.6) is 0 Å². The van der Waals surface area contributed by atoms with Gasteiger partial charge in [-0.15, -0.1) is 0 Å². The molecule has 0 fully saturated rings. The minimum Gasteiger partial charge on any atom is -0.326 e. The highest BCUT2D eigenvalue weighted by Crippen LogP contribution is 2.23. The van der Waals surface area contributed by atoms with Gasteiger partial charge in [-0.3, -0.25) is 9.10 Å². The Kier molecular flexibility index (Phi) is 6.59. The topological polar surface area (TPSA) is 90.3 Å². The predicted octanol–water partition coefficient (Wildman–Crippen LogP) is 3.48. The van der Waals surface area contributed by atoms with Gasteiger partial charge in [0.05, 0.1) is 17.5 Å². The average Bonchev–Trinajstić information content (AvgIpc) is 2.61. The second kappa shape index (κ2) is 8.69. The summed E-state index contributed by atoms with van der Waals surface area (Å²) in [5.41, 5.74) is 2.35. The molecule has 1 amide bonds. The number of anilines is 2. The molecule has 0 aliphatic heterocycles. The zero-order valence-corrected chi connectivity index (χ0v) is 16.5. The fraction of sp³-hybridized carbons (Fsp3) is 0.300. The number of para-hydroxylation sites is 1. The van der Waals surface area contributed by atoms with E-state index in [4.69, 9.17) is 0 Å². The van der Waals surface area contributed by atoms with Crippen molar-refractivity contribution in [2.75, 3.05) is 22.4 Å². The molecule has 0 saturated heterocycles. The van der Waals surface area contributed by atoms with Gasteiger partial charge in [0, 0.05) is 18.7 Å². The van der Waals surface area contributed by atoms with E-state index in [-0.39, 0.29) is 30.1 Å². The van der Waals surface area contributed by atoms with Crippen molar-refractivity contribution in [2.45, 2.75) is 26.2 Å². The maximum Gasteiger partial charge on any atom is 0.232 e. The Morgan fingerprint density at radius 2 is 1.78 bits per heavy atom. The summed E-state index contributed by atoms with van der Waals surface area (Å²) in [5, 5.41) is 12.0. The fourth-order valence-corrected chi connectivity index (χ4v) is 3.57. The number of rotatable bonds is 7. The number of nitrogens with zero attached hydrogens (tertiary/aromatic N) is 2. The van der Waals surface area contributed by atoms with E-state index in [2.05, 4.69) is 19.2 Å². The normalized spacial score (nSPS) is 11.1. The molecule has 6 nitrogen and oxygen atoms in total. The largest absolute Gasteiger partial charge is 0.326 e. The zero-order valence-electron chi connectivity index (χ0n) is 15.6. The third-order valence-electron chi connectivity index (χ3n) is 4.10. The van der Waals surface area contributed by atoms with Crippen molar-refractivity contribution in [3.05, 3.63) is 59.7 Å². The van der Waals surface area contributed by atoms with Crippen molar-refractivity contribution in [1.29, 1.82) is 5.26 Å². The fourth-order valence-electron chi connectivity index (χ4n) is 2.63. The van der Waals surface area contributed by atoms with Crippen LogP contribution in [0.4, 0.5) is 11.4 Å². The molecule has 27 heavy (non-hydrogen) atoms. The van der Waals surface area contributed by atoms with Gasteiger partial charge in [-0.25, -0.2) is 8.42 Å². The van der Waals surface area contributed by atoms with Crippen LogP contribution in [-0.2, 0) is 14.8 Å². The van der Waals surface area contributed by atoms with Gasteiger partial charge in [-0.2, -0.15) is 5.26 Å². The molecular weight excluding hydrogens is 362 g/mol. The first-order valence-corrected chi connectivity index (χ1v) is 10.4. The molecule has 0 aliphatic carbocycles. The molecule has 0 saturated carbocycles. The van der Waals surface area contributed by atoms with Gasteiger partial charge in [0.25, 0.3) is 0 Å². The predicted molar refractivity (Wildman–Crippen MR) is 107 cm³/mol. The molecule has 7 heteroatoms. The molecule has 0 atom stereocenters. The van der Waals surface area contributed by atoms with Gasteiger partial charge in [0.2, 0.25) is 15.9 Å². The van der Waals surface area contributed by atoms with Crippen molar-refractivity contribution in [2.24, 2.45) is 0 Å². The van der Waals surface area contributed by atoms with Crippen molar-refractivity contribution < 1.29 is 13.2 Å². The van der Waals surface area contributed by atoms with Crippen LogP contribution in [0.2, 0.25) is 0 Å². The van der Waals surface area contributed by atoms with Crippen molar-refractivity contribution >= 4 is 27.3 Å². The summed E-state index contributed by atoms with van der Waals surface area (Å²) in [5.74, 6) is 0.105. The first-order chi connectivity index (χ1) is 12.7. The number of carbonyl (C=O) groups is 1. The number of carbonyl (C=O) groups excluding carboxylic acids is 1. The molecule has 0 aromatic heterocycles. The van der Waals surface area contributed by atoms with E-state index < -0.39 is 10.0 Å². The second-order valence-electron chi connectivity index (χ2n) is 6.54. The van der Waals surface area contributed by atoms with Crippen LogP contribution in [0.15, 0.2) is 48.5 Å². The zero-order chi connectivity index (χ0) is 20.0. The minimum atomic E-state index is -3.63. The lowest BCUT2D eigenvalue weighted by Gasteiger charge is -2.23. The summed E-state index contributed by atoms with van der Waals surface area (Å²) in [6, 6.07) is 16.0. The first kappa shape index (κ1) is 20.5. The van der Waals surface area contributed by atoms with Crippen LogP contribution >= 0.6 is 0 Å². The van der Waals surface area contributed by atoms with Crippen molar-refractivity contribution in [3.63, 3.8) is 0 Å². The van der Waals surface area contributed by atoms with Crippen LogP contribution < -0.4 is 9.62 Å². The van der Waals surface area contributed by atoms with Crippen molar-refractivity contribution in [3.8, 4) is 6.07 Å². The van der Waals surface area contributed by atoms with Crippen LogP contribution in [0.3, 0.4) is 0 Å². The molecule has 2 aromatic carbocycles. The van der Waals surface area contributed by atoms with Gasteiger partial charge in [-0.05, 0) is 35.7 Å². The molecule has 0 aliphatic rings. The Hall–Kier alpha value is -2.85. The summed E-state index contributed by atoms with van der Waals surface area (Å²) in [6.45, 7) is 4.13. The van der Waals surface area contributed by atoms with Gasteiger partial charge < -0.3 is 5.32 Å². The SMILES string of the molecule is CC(C)c1ccc(NC(=O)CCN(c2ccccc2C#N)S(C)(=O)=O)cc1. The lowest BCUT2D eigenvalue weighted by molar-refractivity contribution is -0.116. The Labute approximate surface area is 160 Å². The van der Waals surface area contributed by atoms with E-state index in [0.29, 0.717) is 11.6 Å². The monoisotopic (exact) mass is 385 g/mol. The lowest BCUT2D eigenvalue weighted by Crippen LogP contribution is -2.33. The summed E-state index contributed by atoms with van der Waals surface area (Å²) in [6.07, 6.45) is 1.03. The second-order valence-corrected chi connectivity index (χ2v) is 8.45. The third kappa shape index (κ3) is 5.56. The summed E-state index contributed by atoms with van der Waals surface area (Å²) in [7, 11) is -3.63. The molecular formula is C20H23N3O3S. The molecule has 2 aromatic rings. The summed E-state index contributed by atoms with van der Waals surface area (Å²) in [4.78, 5) is 12.3. The summed E-state index contributed by atoms with van der Waals surface area (Å²) < 4.78 is 25.4. The quantitative estimate of drug-likeness (QED) is 0.790. The van der Waals surface area contributed by atoms with Gasteiger partial charge >= 0.3 is 0 Å². The van der Waals surface area contributed by atoms with E-state index in [0.717, 1.165) is 10.6 Å². The standard InChI is InChI=1S/C20H23N3O3S/c1-15(2)16-8-10-18(11-9-16)22-20(24)12-13-23(27(3,25)26)19-7-5-4-6-17(19)14-21/h4-11,15H,12-13H2,1-3H3,(H,22,24). The Morgan fingerprint density at radius 3 is 2.33 bits per heavy atom. The molecule has 0 radical (unpaired) electrons. The van der Waals surface area contributed by atoms with E-state index >= 15 is 0 Å². The average molecular weight is 385 g/mol. The Bertz CT molecular complexity index is 945. The first-order valence-electron chi connectivity index (χ1n) is 8.59. The van der Waals surface area contributed by atoms with Crippen LogP contribution in [0, 0.1) is 11.3 Å². The highest BCUT2D eigenvalue weighted by Gasteiger charge is 2.21. The number of nitrogens with one attached hydrogen (secondary N) is 1. The minimum absolute atomic E-state index is 0.0290. The molecule has 2 rings (SSSR count). The van der Waals surface area contributed by atoms with Gasteiger partial charge in [0.15, 0.2) is 0 Å². The maximum atomic E-state index is 12.3. The molecule has 0 spiro atoms. The van der Waals surface area contributed by atoms with E-state index in [1.807, 2.05) is 30.3 Å². The van der Waals surface area contributed by atoms with E-state index in [1.54, 1.807) is 24.3 Å². The number of sulfonamides is 1. The van der Waals surface area contributed by atoms with Crippen LogP contribution in [0.1, 0.15) is 37.3 Å². The maximum absolute atomic E-state index is 12.3. The Balaban J connectivity index is 2.09. The molecule has 0 unspecified atom stereocenters. The molecule has 1 N–H and O–H groups in total. The highest BCUT2D eigenvalue weighted by molar-refractivity contribution is 7.92. The summed E-state index contributed by atoms with van der Waals surface area (Å²) >= 11 is 0. The van der Waals surface area contributed by atoms with E-state index in [1.165, 1.54) is 5.56 Å². The number of benzene rings is 2. The number of hydrogen-bond donors (Lipinski definition) is 1. The smallest absolute Gasteiger partial charge is 0.232 e. The van der Waals surface area contributed by atoms with Crippen LogP contribution in [-0.4, -0.2) is 27.1 Å². The lowest BCUT2D eigenvalue weighted by atomic mass is 10.0. The molecule has 142 valence electrons. The van der Waals surface area contributed by atoms with E-state index in [9.17, 15) is 18.5 Å². The number of amides is 1. The van der Waals surface area contributed by atoms with Gasteiger partial charge in [0.1, 0.15) is 6.07 Å². The van der Waals surface area contributed by atoms with Crippen LogP contribution in [0.25, 0.3) is 0 Å². The number of hydrogen-bond acceptors (Lipinski definition) is 4. The highest BCUT2D eigenvalue weighted by atomic mass is 32.2. The molecule has 0 bridgehead atoms.